The summed E-state index contributed by atoms with van der Waals surface area (Å²) >= 11 is 6.06. The van der Waals surface area contributed by atoms with Gasteiger partial charge in [-0.25, -0.2) is 0 Å². The first-order valence-corrected chi connectivity index (χ1v) is 6.15. The molecule has 0 aliphatic rings. The van der Waals surface area contributed by atoms with E-state index in [0.29, 0.717) is 5.02 Å². The van der Waals surface area contributed by atoms with Gasteiger partial charge in [0, 0.05) is 0 Å². The minimum Gasteiger partial charge on any atom is -0.492 e. The van der Waals surface area contributed by atoms with E-state index in [9.17, 15) is 0 Å². The smallest absolute Gasteiger partial charge is 0.137 e. The molecule has 1 N–H and O–H groups in total. The molecule has 0 aromatic heterocycles. The van der Waals surface area contributed by atoms with E-state index in [1.807, 2.05) is 32.2 Å². The summed E-state index contributed by atoms with van der Waals surface area (Å²) in [6.45, 7) is 3.84. The van der Waals surface area contributed by atoms with Crippen LogP contribution >= 0.6 is 11.6 Å². The van der Waals surface area contributed by atoms with Gasteiger partial charge in [-0.15, -0.1) is 0 Å². The van der Waals surface area contributed by atoms with Crippen LogP contribution < -0.4 is 10.1 Å². The highest BCUT2D eigenvalue weighted by Gasteiger charge is 2.00. The van der Waals surface area contributed by atoms with Gasteiger partial charge >= 0.3 is 0 Å². The summed E-state index contributed by atoms with van der Waals surface area (Å²) in [5.74, 6) is 0.792. The van der Waals surface area contributed by atoms with Crippen molar-refractivity contribution in [3.8, 4) is 5.75 Å². The third-order valence-corrected chi connectivity index (χ3v) is 2.71. The molecular weight excluding hydrogens is 222 g/mol. The van der Waals surface area contributed by atoms with Gasteiger partial charge in [0.1, 0.15) is 5.75 Å². The molecule has 2 nitrogen and oxygen atoms in total. The Balaban J connectivity index is 2.21. The molecule has 16 heavy (non-hydrogen) atoms. The van der Waals surface area contributed by atoms with Gasteiger partial charge in [-0.3, -0.25) is 0 Å². The molecule has 1 aromatic carbocycles. The van der Waals surface area contributed by atoms with Crippen molar-refractivity contribution in [3.05, 3.63) is 28.8 Å². The topological polar surface area (TPSA) is 21.3 Å². The lowest BCUT2D eigenvalue weighted by atomic mass is 10.2. The fourth-order valence-electron chi connectivity index (χ4n) is 1.49. The third-order valence-electron chi connectivity index (χ3n) is 2.42. The Labute approximate surface area is 103 Å². The highest BCUT2D eigenvalue weighted by atomic mass is 35.5. The van der Waals surface area contributed by atoms with Crippen molar-refractivity contribution in [1.82, 2.24) is 5.32 Å². The molecule has 0 amide bonds. The molecule has 1 aromatic rings. The minimum atomic E-state index is 0.704. The second-order valence-corrected chi connectivity index (χ2v) is 4.35. The van der Waals surface area contributed by atoms with Crippen LogP contribution in [0.2, 0.25) is 5.02 Å². The molecule has 0 radical (unpaired) electrons. The second-order valence-electron chi connectivity index (χ2n) is 3.95. The van der Waals surface area contributed by atoms with Gasteiger partial charge < -0.3 is 10.1 Å². The molecule has 0 aliphatic carbocycles. The van der Waals surface area contributed by atoms with E-state index in [2.05, 4.69) is 5.32 Å². The highest BCUT2D eigenvalue weighted by Crippen LogP contribution is 2.25. The van der Waals surface area contributed by atoms with Gasteiger partial charge in [0.05, 0.1) is 11.6 Å². The number of hydrogen-bond acceptors (Lipinski definition) is 2. The maximum Gasteiger partial charge on any atom is 0.137 e. The van der Waals surface area contributed by atoms with Crippen LogP contribution in [-0.4, -0.2) is 20.2 Å². The maximum absolute atomic E-state index is 6.06. The van der Waals surface area contributed by atoms with Gasteiger partial charge in [-0.05, 0) is 57.5 Å². The number of nitrogens with one attached hydrogen (secondary N) is 1. The van der Waals surface area contributed by atoms with Crippen LogP contribution in [0.15, 0.2) is 18.2 Å². The first kappa shape index (κ1) is 13.3. The molecule has 0 saturated heterocycles. The summed E-state index contributed by atoms with van der Waals surface area (Å²) in [5.41, 5.74) is 1.16. The van der Waals surface area contributed by atoms with Crippen molar-refractivity contribution in [2.24, 2.45) is 0 Å². The molecule has 0 fully saturated rings. The number of hydrogen-bond donors (Lipinski definition) is 1. The van der Waals surface area contributed by atoms with Crippen molar-refractivity contribution in [3.63, 3.8) is 0 Å². The van der Waals surface area contributed by atoms with Crippen LogP contribution in [0.4, 0.5) is 0 Å². The standard InChI is InChI=1S/C13H20ClNO/c1-11-6-7-13(12(14)10-11)16-9-5-3-4-8-15-2/h6-7,10,15H,3-5,8-9H2,1-2H3. The number of rotatable bonds is 7. The molecule has 3 heteroatoms. The monoisotopic (exact) mass is 241 g/mol. The van der Waals surface area contributed by atoms with Crippen LogP contribution in [0.5, 0.6) is 5.75 Å². The summed E-state index contributed by atoms with van der Waals surface area (Å²) in [7, 11) is 1.97. The van der Waals surface area contributed by atoms with Crippen molar-refractivity contribution in [1.29, 1.82) is 0 Å². The summed E-state index contributed by atoms with van der Waals surface area (Å²) in [6.07, 6.45) is 3.46. The number of benzene rings is 1. The van der Waals surface area contributed by atoms with Gasteiger partial charge in [-0.2, -0.15) is 0 Å². The lowest BCUT2D eigenvalue weighted by Gasteiger charge is -2.08. The zero-order chi connectivity index (χ0) is 11.8. The number of unbranched alkanes of at least 4 members (excludes halogenated alkanes) is 2. The molecule has 0 spiro atoms. The van der Waals surface area contributed by atoms with E-state index >= 15 is 0 Å². The predicted molar refractivity (Wildman–Crippen MR) is 69.5 cm³/mol. The van der Waals surface area contributed by atoms with Crippen molar-refractivity contribution in [2.75, 3.05) is 20.2 Å². The van der Waals surface area contributed by atoms with Crippen molar-refractivity contribution >= 4 is 11.6 Å². The quantitative estimate of drug-likeness (QED) is 0.739. The first-order chi connectivity index (χ1) is 7.74. The van der Waals surface area contributed by atoms with Crippen molar-refractivity contribution < 1.29 is 4.74 Å². The lowest BCUT2D eigenvalue weighted by Crippen LogP contribution is -2.07. The molecule has 0 bridgehead atoms. The summed E-state index contributed by atoms with van der Waals surface area (Å²) in [5, 5.41) is 3.83. The van der Waals surface area contributed by atoms with Gasteiger partial charge in [0.15, 0.2) is 0 Å². The molecule has 0 atom stereocenters. The summed E-state index contributed by atoms with van der Waals surface area (Å²) in [6, 6.07) is 5.88. The molecular formula is C13H20ClNO. The Bertz CT molecular complexity index is 315. The van der Waals surface area contributed by atoms with Gasteiger partial charge in [0.2, 0.25) is 0 Å². The Morgan fingerprint density at radius 2 is 2.06 bits per heavy atom. The van der Waals surface area contributed by atoms with E-state index in [1.54, 1.807) is 0 Å². The minimum absolute atomic E-state index is 0.704. The van der Waals surface area contributed by atoms with Crippen LogP contribution in [0.3, 0.4) is 0 Å². The largest absolute Gasteiger partial charge is 0.492 e. The molecule has 0 saturated carbocycles. The van der Waals surface area contributed by atoms with Crippen molar-refractivity contribution in [2.45, 2.75) is 26.2 Å². The fraction of sp³-hybridized carbons (Fsp3) is 0.538. The van der Waals surface area contributed by atoms with E-state index in [4.69, 9.17) is 16.3 Å². The second kappa shape index (κ2) is 7.53. The summed E-state index contributed by atoms with van der Waals surface area (Å²) < 4.78 is 5.62. The first-order valence-electron chi connectivity index (χ1n) is 5.77. The SMILES string of the molecule is CNCCCCCOc1ccc(C)cc1Cl. The van der Waals surface area contributed by atoms with E-state index in [0.717, 1.165) is 30.9 Å². The zero-order valence-electron chi connectivity index (χ0n) is 10.1. The Morgan fingerprint density at radius 3 is 2.75 bits per heavy atom. The Hall–Kier alpha value is -0.730. The molecule has 0 aliphatic heterocycles. The lowest BCUT2D eigenvalue weighted by molar-refractivity contribution is 0.305. The predicted octanol–water partition coefficient (Wildman–Crippen LogP) is 3.42. The zero-order valence-corrected chi connectivity index (χ0v) is 10.8. The molecule has 0 heterocycles. The molecule has 1 rings (SSSR count). The normalized spacial score (nSPS) is 10.4. The molecule has 0 unspecified atom stereocenters. The van der Waals surface area contributed by atoms with Gasteiger partial charge in [0.25, 0.3) is 0 Å². The third kappa shape index (κ3) is 4.86. The van der Waals surface area contributed by atoms with E-state index < -0.39 is 0 Å². The summed E-state index contributed by atoms with van der Waals surface area (Å²) in [4.78, 5) is 0. The van der Waals surface area contributed by atoms with E-state index in [1.165, 1.54) is 12.8 Å². The average molecular weight is 242 g/mol. The van der Waals surface area contributed by atoms with E-state index in [-0.39, 0.29) is 0 Å². The number of aryl methyl sites for hydroxylation is 1. The number of halogens is 1. The molecule has 90 valence electrons. The highest BCUT2D eigenvalue weighted by molar-refractivity contribution is 6.32. The fourth-order valence-corrected chi connectivity index (χ4v) is 1.78. The van der Waals surface area contributed by atoms with Crippen LogP contribution in [0, 0.1) is 6.92 Å². The van der Waals surface area contributed by atoms with Crippen LogP contribution in [0.25, 0.3) is 0 Å². The number of ether oxygens (including phenoxy) is 1. The average Bonchev–Trinajstić information content (AvgIpc) is 2.26. The van der Waals surface area contributed by atoms with Gasteiger partial charge in [-0.1, -0.05) is 17.7 Å². The van der Waals surface area contributed by atoms with Crippen LogP contribution in [0.1, 0.15) is 24.8 Å². The maximum atomic E-state index is 6.06. The Kier molecular flexibility index (Phi) is 6.27. The van der Waals surface area contributed by atoms with Crippen LogP contribution in [-0.2, 0) is 0 Å². The Morgan fingerprint density at radius 1 is 1.25 bits per heavy atom.